The average Bonchev–Trinajstić information content (AvgIpc) is 2.49. The molecular formula is C16H19Cl2N3O. The van der Waals surface area contributed by atoms with Crippen LogP contribution in [-0.2, 0) is 6.42 Å². The molecule has 2 aromatic rings. The van der Waals surface area contributed by atoms with Gasteiger partial charge >= 0.3 is 6.03 Å². The monoisotopic (exact) mass is 339 g/mol. The first-order chi connectivity index (χ1) is 10.1. The molecule has 2 amide bonds. The van der Waals surface area contributed by atoms with Crippen LogP contribution in [0.5, 0.6) is 0 Å². The second-order valence-corrected chi connectivity index (χ2v) is 5.29. The molecule has 0 saturated carbocycles. The van der Waals surface area contributed by atoms with Gasteiger partial charge in [0.2, 0.25) is 0 Å². The van der Waals surface area contributed by atoms with Crippen LogP contribution in [0, 0.1) is 6.92 Å². The molecule has 118 valence electrons. The Hall–Kier alpha value is -1.78. The summed E-state index contributed by atoms with van der Waals surface area (Å²) in [6.07, 6.45) is 2.48. The van der Waals surface area contributed by atoms with Gasteiger partial charge in [0.25, 0.3) is 0 Å². The minimum atomic E-state index is -0.161. The summed E-state index contributed by atoms with van der Waals surface area (Å²) in [4.78, 5) is 17.9. The van der Waals surface area contributed by atoms with E-state index in [1.54, 1.807) is 24.2 Å². The van der Waals surface area contributed by atoms with Crippen LogP contribution in [0.4, 0.5) is 10.5 Å². The van der Waals surface area contributed by atoms with Crippen LogP contribution in [0.15, 0.2) is 42.6 Å². The number of amides is 2. The first-order valence-corrected chi connectivity index (χ1v) is 7.12. The molecule has 0 aliphatic carbocycles. The lowest BCUT2D eigenvalue weighted by Crippen LogP contribution is -2.33. The second kappa shape index (κ2) is 8.61. The fourth-order valence-corrected chi connectivity index (χ4v) is 2.00. The van der Waals surface area contributed by atoms with Gasteiger partial charge in [-0.25, -0.2) is 4.79 Å². The summed E-state index contributed by atoms with van der Waals surface area (Å²) in [6, 6.07) is 11.1. The third-order valence-corrected chi connectivity index (χ3v) is 3.61. The van der Waals surface area contributed by atoms with Crippen molar-refractivity contribution >= 4 is 35.7 Å². The Morgan fingerprint density at radius 1 is 1.32 bits per heavy atom. The molecule has 2 rings (SSSR count). The van der Waals surface area contributed by atoms with Crippen molar-refractivity contribution in [3.63, 3.8) is 0 Å². The molecule has 0 atom stereocenters. The lowest BCUT2D eigenvalue weighted by atomic mass is 10.2. The van der Waals surface area contributed by atoms with Gasteiger partial charge < -0.3 is 10.2 Å². The molecule has 0 saturated heterocycles. The predicted molar refractivity (Wildman–Crippen MR) is 93.0 cm³/mol. The summed E-state index contributed by atoms with van der Waals surface area (Å²) in [5.41, 5.74) is 2.65. The zero-order chi connectivity index (χ0) is 15.2. The number of likely N-dealkylation sites (N-methyl/N-ethyl adjacent to an activating group) is 1. The third-order valence-electron chi connectivity index (χ3n) is 3.20. The Morgan fingerprint density at radius 2 is 2.09 bits per heavy atom. The highest BCUT2D eigenvalue weighted by atomic mass is 35.5. The average molecular weight is 340 g/mol. The highest BCUT2D eigenvalue weighted by molar-refractivity contribution is 6.31. The van der Waals surface area contributed by atoms with Crippen LogP contribution in [0.3, 0.4) is 0 Å². The van der Waals surface area contributed by atoms with Crippen molar-refractivity contribution in [2.45, 2.75) is 13.3 Å². The number of anilines is 1. The Labute approximate surface area is 141 Å². The van der Waals surface area contributed by atoms with E-state index in [1.165, 1.54) is 0 Å². The lowest BCUT2D eigenvalue weighted by Gasteiger charge is -2.18. The summed E-state index contributed by atoms with van der Waals surface area (Å²) in [7, 11) is 1.76. The summed E-state index contributed by atoms with van der Waals surface area (Å²) < 4.78 is 0. The molecule has 0 unspecified atom stereocenters. The van der Waals surface area contributed by atoms with E-state index in [1.807, 2.05) is 37.3 Å². The van der Waals surface area contributed by atoms with Crippen molar-refractivity contribution in [3.05, 3.63) is 58.9 Å². The molecule has 0 aliphatic rings. The van der Waals surface area contributed by atoms with Crippen molar-refractivity contribution in [1.29, 1.82) is 0 Å². The van der Waals surface area contributed by atoms with Crippen LogP contribution >= 0.6 is 24.0 Å². The molecule has 0 aliphatic heterocycles. The van der Waals surface area contributed by atoms with E-state index >= 15 is 0 Å². The molecule has 6 heteroatoms. The van der Waals surface area contributed by atoms with Gasteiger partial charge in [-0.2, -0.15) is 0 Å². The third kappa shape index (κ3) is 5.20. The van der Waals surface area contributed by atoms with Gasteiger partial charge in [-0.3, -0.25) is 4.98 Å². The molecule has 1 aromatic carbocycles. The first-order valence-electron chi connectivity index (χ1n) is 6.74. The van der Waals surface area contributed by atoms with E-state index in [9.17, 15) is 4.79 Å². The minimum absolute atomic E-state index is 0. The van der Waals surface area contributed by atoms with Crippen molar-refractivity contribution in [2.75, 3.05) is 18.9 Å². The zero-order valence-corrected chi connectivity index (χ0v) is 14.1. The van der Waals surface area contributed by atoms with E-state index in [2.05, 4.69) is 10.3 Å². The van der Waals surface area contributed by atoms with Gasteiger partial charge in [0.15, 0.2) is 0 Å². The molecule has 0 bridgehead atoms. The standard InChI is InChI=1S/C16H18ClN3O.ClH/c1-12-6-7-14(11-15(12)17)19-16(21)20(2)10-8-13-5-3-4-9-18-13;/h3-7,9,11H,8,10H2,1-2H3,(H,19,21);1H. The van der Waals surface area contributed by atoms with E-state index in [0.29, 0.717) is 17.3 Å². The Kier molecular flexibility index (Phi) is 7.15. The maximum absolute atomic E-state index is 12.1. The number of hydrogen-bond donors (Lipinski definition) is 1. The molecule has 0 fully saturated rings. The number of rotatable bonds is 4. The Balaban J connectivity index is 0.00000242. The van der Waals surface area contributed by atoms with Crippen molar-refractivity contribution in [3.8, 4) is 0 Å². The number of pyridine rings is 1. The van der Waals surface area contributed by atoms with E-state index in [-0.39, 0.29) is 18.4 Å². The Bertz CT molecular complexity index is 620. The molecule has 0 spiro atoms. The molecule has 22 heavy (non-hydrogen) atoms. The molecule has 1 aromatic heterocycles. The van der Waals surface area contributed by atoms with Crippen LogP contribution in [0.2, 0.25) is 5.02 Å². The smallest absolute Gasteiger partial charge is 0.321 e. The van der Waals surface area contributed by atoms with E-state index in [0.717, 1.165) is 17.7 Å². The highest BCUT2D eigenvalue weighted by Crippen LogP contribution is 2.20. The first kappa shape index (κ1) is 18.3. The number of aryl methyl sites for hydroxylation is 1. The predicted octanol–water partition coefficient (Wildman–Crippen LogP) is 4.17. The summed E-state index contributed by atoms with van der Waals surface area (Å²) in [6.45, 7) is 2.52. The number of carbonyl (C=O) groups excluding carboxylic acids is 1. The number of carbonyl (C=O) groups is 1. The summed E-state index contributed by atoms with van der Waals surface area (Å²) >= 11 is 6.04. The summed E-state index contributed by atoms with van der Waals surface area (Å²) in [5.74, 6) is 0. The highest BCUT2D eigenvalue weighted by Gasteiger charge is 2.09. The maximum Gasteiger partial charge on any atom is 0.321 e. The molecule has 4 nitrogen and oxygen atoms in total. The topological polar surface area (TPSA) is 45.2 Å². The van der Waals surface area contributed by atoms with Gasteiger partial charge in [0.05, 0.1) is 0 Å². The lowest BCUT2D eigenvalue weighted by molar-refractivity contribution is 0.223. The van der Waals surface area contributed by atoms with Crippen molar-refractivity contribution in [2.24, 2.45) is 0 Å². The van der Waals surface area contributed by atoms with Crippen LogP contribution in [0.25, 0.3) is 0 Å². The van der Waals surface area contributed by atoms with Gasteiger partial charge in [-0.15, -0.1) is 12.4 Å². The number of nitrogens with one attached hydrogen (secondary N) is 1. The normalized spacial score (nSPS) is 9.77. The molecule has 1 heterocycles. The fraction of sp³-hybridized carbons (Fsp3) is 0.250. The van der Waals surface area contributed by atoms with Gasteiger partial charge in [0, 0.05) is 42.6 Å². The number of aromatic nitrogens is 1. The maximum atomic E-state index is 12.1. The van der Waals surface area contributed by atoms with E-state index in [4.69, 9.17) is 11.6 Å². The number of hydrogen-bond acceptors (Lipinski definition) is 2. The van der Waals surface area contributed by atoms with Crippen molar-refractivity contribution < 1.29 is 4.79 Å². The van der Waals surface area contributed by atoms with Gasteiger partial charge in [-0.05, 0) is 36.8 Å². The van der Waals surface area contributed by atoms with Gasteiger partial charge in [-0.1, -0.05) is 23.7 Å². The van der Waals surface area contributed by atoms with Crippen molar-refractivity contribution in [1.82, 2.24) is 9.88 Å². The van der Waals surface area contributed by atoms with Crippen LogP contribution in [0.1, 0.15) is 11.3 Å². The molecular weight excluding hydrogens is 321 g/mol. The summed E-state index contributed by atoms with van der Waals surface area (Å²) in [5, 5.41) is 3.47. The number of nitrogens with zero attached hydrogens (tertiary/aromatic N) is 2. The fourth-order valence-electron chi connectivity index (χ4n) is 1.82. The number of benzene rings is 1. The van der Waals surface area contributed by atoms with E-state index < -0.39 is 0 Å². The molecule has 1 N–H and O–H groups in total. The molecule has 0 radical (unpaired) electrons. The quantitative estimate of drug-likeness (QED) is 0.908. The number of urea groups is 1. The van der Waals surface area contributed by atoms with Crippen LogP contribution in [-0.4, -0.2) is 29.5 Å². The van der Waals surface area contributed by atoms with Gasteiger partial charge in [0.1, 0.15) is 0 Å². The second-order valence-electron chi connectivity index (χ2n) is 4.89. The minimum Gasteiger partial charge on any atom is -0.327 e. The van der Waals surface area contributed by atoms with Crippen LogP contribution < -0.4 is 5.32 Å². The number of halogens is 2. The largest absolute Gasteiger partial charge is 0.327 e. The SMILES string of the molecule is Cc1ccc(NC(=O)N(C)CCc2ccccn2)cc1Cl.Cl. The zero-order valence-electron chi connectivity index (χ0n) is 12.5. The Morgan fingerprint density at radius 3 is 2.73 bits per heavy atom.